The SMILES string of the molecule is COc1cc(/C=C(/C#N)C(=O)c2c(C)[nH]c3ccccc23)ccc1OCc1ccccc1. The highest BCUT2D eigenvalue weighted by molar-refractivity contribution is 6.20. The summed E-state index contributed by atoms with van der Waals surface area (Å²) in [4.78, 5) is 16.4. The average molecular weight is 422 g/mol. The summed E-state index contributed by atoms with van der Waals surface area (Å²) in [6.07, 6.45) is 1.58. The summed E-state index contributed by atoms with van der Waals surface area (Å²) in [5.74, 6) is 0.805. The van der Waals surface area contributed by atoms with Crippen LogP contribution in [0.15, 0.2) is 78.4 Å². The number of ether oxygens (including phenoxy) is 2. The van der Waals surface area contributed by atoms with Crippen LogP contribution in [0.1, 0.15) is 27.2 Å². The molecule has 5 heteroatoms. The fraction of sp³-hybridized carbons (Fsp3) is 0.111. The molecule has 0 amide bonds. The van der Waals surface area contributed by atoms with Gasteiger partial charge in [0.25, 0.3) is 0 Å². The number of methoxy groups -OCH3 is 1. The third-order valence-electron chi connectivity index (χ3n) is 5.22. The zero-order chi connectivity index (χ0) is 22.5. The van der Waals surface area contributed by atoms with E-state index in [0.29, 0.717) is 29.2 Å². The molecule has 0 aliphatic rings. The number of aromatic amines is 1. The maximum Gasteiger partial charge on any atom is 0.205 e. The quantitative estimate of drug-likeness (QED) is 0.230. The van der Waals surface area contributed by atoms with E-state index in [-0.39, 0.29) is 11.4 Å². The number of ketones is 1. The third-order valence-corrected chi connectivity index (χ3v) is 5.22. The van der Waals surface area contributed by atoms with E-state index in [4.69, 9.17) is 9.47 Å². The lowest BCUT2D eigenvalue weighted by Gasteiger charge is -2.11. The molecule has 0 saturated heterocycles. The molecular formula is C27H22N2O3. The van der Waals surface area contributed by atoms with Crippen LogP contribution in [0.25, 0.3) is 17.0 Å². The van der Waals surface area contributed by atoms with E-state index in [2.05, 4.69) is 11.1 Å². The Kier molecular flexibility index (Phi) is 6.05. The highest BCUT2D eigenvalue weighted by Gasteiger charge is 2.20. The van der Waals surface area contributed by atoms with Gasteiger partial charge in [0.15, 0.2) is 11.5 Å². The van der Waals surface area contributed by atoms with Gasteiger partial charge in [0.2, 0.25) is 5.78 Å². The number of aryl methyl sites for hydroxylation is 1. The summed E-state index contributed by atoms with van der Waals surface area (Å²) in [6.45, 7) is 2.25. The van der Waals surface area contributed by atoms with Crippen LogP contribution in [0.5, 0.6) is 11.5 Å². The van der Waals surface area contributed by atoms with Gasteiger partial charge >= 0.3 is 0 Å². The molecule has 4 aromatic rings. The molecule has 0 saturated carbocycles. The van der Waals surface area contributed by atoms with Crippen molar-refractivity contribution in [1.29, 1.82) is 5.26 Å². The Labute approximate surface area is 186 Å². The second-order valence-corrected chi connectivity index (χ2v) is 7.35. The lowest BCUT2D eigenvalue weighted by atomic mass is 9.99. The predicted molar refractivity (Wildman–Crippen MR) is 125 cm³/mol. The topological polar surface area (TPSA) is 75.1 Å². The number of hydrogen-bond acceptors (Lipinski definition) is 4. The van der Waals surface area contributed by atoms with Crippen LogP contribution in [-0.2, 0) is 6.61 Å². The van der Waals surface area contributed by atoms with Crippen molar-refractivity contribution in [1.82, 2.24) is 4.98 Å². The molecular weight excluding hydrogens is 400 g/mol. The normalized spacial score (nSPS) is 11.2. The van der Waals surface area contributed by atoms with Gasteiger partial charge in [-0.15, -0.1) is 0 Å². The Bertz CT molecular complexity index is 1340. The molecule has 5 nitrogen and oxygen atoms in total. The zero-order valence-corrected chi connectivity index (χ0v) is 17.9. The lowest BCUT2D eigenvalue weighted by Crippen LogP contribution is -2.03. The average Bonchev–Trinajstić information content (AvgIpc) is 3.17. The molecule has 0 unspecified atom stereocenters. The number of carbonyl (C=O) groups excluding carboxylic acids is 1. The largest absolute Gasteiger partial charge is 0.493 e. The number of rotatable bonds is 7. The van der Waals surface area contributed by atoms with Crippen molar-refractivity contribution >= 4 is 22.8 Å². The number of aromatic nitrogens is 1. The van der Waals surface area contributed by atoms with Gasteiger partial charge in [0, 0.05) is 16.6 Å². The Morgan fingerprint density at radius 3 is 2.53 bits per heavy atom. The number of fused-ring (bicyclic) bond motifs is 1. The maximum atomic E-state index is 13.2. The number of H-pyrrole nitrogens is 1. The van der Waals surface area contributed by atoms with Gasteiger partial charge in [-0.25, -0.2) is 0 Å². The molecule has 0 radical (unpaired) electrons. The second kappa shape index (κ2) is 9.23. The summed E-state index contributed by atoms with van der Waals surface area (Å²) in [7, 11) is 1.56. The number of Topliss-reactive ketones (excluding diaryl/α,β-unsaturated/α-hetero) is 1. The van der Waals surface area contributed by atoms with Crippen LogP contribution < -0.4 is 9.47 Å². The molecule has 0 fully saturated rings. The minimum atomic E-state index is -0.314. The van der Waals surface area contributed by atoms with E-state index in [9.17, 15) is 10.1 Å². The van der Waals surface area contributed by atoms with Gasteiger partial charge in [-0.1, -0.05) is 54.6 Å². The first-order valence-corrected chi connectivity index (χ1v) is 10.2. The van der Waals surface area contributed by atoms with Crippen LogP contribution in [0, 0.1) is 18.3 Å². The van der Waals surface area contributed by atoms with Gasteiger partial charge in [0.1, 0.15) is 18.2 Å². The number of nitrogens with one attached hydrogen (secondary N) is 1. The fourth-order valence-corrected chi connectivity index (χ4v) is 3.65. The molecule has 0 aliphatic carbocycles. The van der Waals surface area contributed by atoms with Crippen molar-refractivity contribution < 1.29 is 14.3 Å². The first-order valence-electron chi connectivity index (χ1n) is 10.2. The molecule has 1 N–H and O–H groups in total. The Morgan fingerprint density at radius 2 is 1.78 bits per heavy atom. The van der Waals surface area contributed by atoms with Crippen LogP contribution in [0.3, 0.4) is 0 Å². The van der Waals surface area contributed by atoms with E-state index < -0.39 is 0 Å². The van der Waals surface area contributed by atoms with Gasteiger partial charge in [-0.2, -0.15) is 5.26 Å². The van der Waals surface area contributed by atoms with Crippen molar-refractivity contribution in [3.63, 3.8) is 0 Å². The summed E-state index contributed by atoms with van der Waals surface area (Å²) in [6, 6.07) is 24.8. The van der Waals surface area contributed by atoms with Crippen molar-refractivity contribution in [3.05, 3.63) is 101 Å². The van der Waals surface area contributed by atoms with Crippen LogP contribution >= 0.6 is 0 Å². The number of para-hydroxylation sites is 1. The lowest BCUT2D eigenvalue weighted by molar-refractivity contribution is 0.104. The van der Waals surface area contributed by atoms with Crippen LogP contribution in [0.4, 0.5) is 0 Å². The van der Waals surface area contributed by atoms with Gasteiger partial charge in [0.05, 0.1) is 12.7 Å². The molecule has 3 aromatic carbocycles. The van der Waals surface area contributed by atoms with Crippen molar-refractivity contribution in [2.75, 3.05) is 7.11 Å². The Balaban J connectivity index is 1.62. The molecule has 1 aromatic heterocycles. The maximum absolute atomic E-state index is 13.2. The van der Waals surface area contributed by atoms with Crippen molar-refractivity contribution in [2.24, 2.45) is 0 Å². The van der Waals surface area contributed by atoms with Gasteiger partial charge in [-0.05, 0) is 42.3 Å². The van der Waals surface area contributed by atoms with E-state index in [1.807, 2.05) is 61.5 Å². The number of allylic oxidation sites excluding steroid dienone is 1. The van der Waals surface area contributed by atoms with Crippen molar-refractivity contribution in [3.8, 4) is 17.6 Å². The highest BCUT2D eigenvalue weighted by Crippen LogP contribution is 2.30. The monoisotopic (exact) mass is 422 g/mol. The number of nitrogens with zero attached hydrogens (tertiary/aromatic N) is 1. The van der Waals surface area contributed by atoms with Gasteiger partial charge < -0.3 is 14.5 Å². The number of nitriles is 1. The number of benzene rings is 3. The molecule has 158 valence electrons. The molecule has 0 atom stereocenters. The molecule has 0 bridgehead atoms. The summed E-state index contributed by atoms with van der Waals surface area (Å²) < 4.78 is 11.4. The molecule has 0 aliphatic heterocycles. The second-order valence-electron chi connectivity index (χ2n) is 7.35. The highest BCUT2D eigenvalue weighted by atomic mass is 16.5. The van der Waals surface area contributed by atoms with E-state index in [1.54, 1.807) is 31.4 Å². The smallest absolute Gasteiger partial charge is 0.205 e. The minimum absolute atomic E-state index is 0.0536. The Morgan fingerprint density at radius 1 is 1.03 bits per heavy atom. The van der Waals surface area contributed by atoms with Crippen LogP contribution in [0.2, 0.25) is 0 Å². The molecule has 0 spiro atoms. The molecule has 4 rings (SSSR count). The third kappa shape index (κ3) is 4.26. The summed E-state index contributed by atoms with van der Waals surface area (Å²) in [5, 5.41) is 10.5. The van der Waals surface area contributed by atoms with E-state index in [0.717, 1.165) is 22.2 Å². The minimum Gasteiger partial charge on any atom is -0.493 e. The first kappa shape index (κ1) is 21.0. The van der Waals surface area contributed by atoms with E-state index in [1.165, 1.54) is 0 Å². The summed E-state index contributed by atoms with van der Waals surface area (Å²) in [5.41, 5.74) is 3.90. The molecule has 32 heavy (non-hydrogen) atoms. The first-order chi connectivity index (χ1) is 15.6. The van der Waals surface area contributed by atoms with E-state index >= 15 is 0 Å². The summed E-state index contributed by atoms with van der Waals surface area (Å²) >= 11 is 0. The fourth-order valence-electron chi connectivity index (χ4n) is 3.65. The molecule has 1 heterocycles. The Hall–Kier alpha value is -4.30. The number of carbonyl (C=O) groups is 1. The zero-order valence-electron chi connectivity index (χ0n) is 17.9. The predicted octanol–water partition coefficient (Wildman–Crippen LogP) is 5.85. The standard InChI is InChI=1S/C27H22N2O3/c1-18-26(22-10-6-7-11-23(22)29-18)27(30)21(16-28)14-20-12-13-24(25(15-20)31-2)32-17-19-8-4-3-5-9-19/h3-15,29H,17H2,1-2H3/b21-14-. The van der Waals surface area contributed by atoms with Crippen LogP contribution in [-0.4, -0.2) is 17.9 Å². The van der Waals surface area contributed by atoms with Crippen molar-refractivity contribution in [2.45, 2.75) is 13.5 Å². The number of hydrogen-bond donors (Lipinski definition) is 1. The van der Waals surface area contributed by atoms with Gasteiger partial charge in [-0.3, -0.25) is 4.79 Å².